The largest absolute Gasteiger partial charge is 0.378 e. The Kier molecular flexibility index (Phi) is 5.56. The second-order valence-electron chi connectivity index (χ2n) is 5.40. The average molecular weight is 277 g/mol. The molecule has 1 aromatic carbocycles. The van der Waals surface area contributed by atoms with Crippen molar-refractivity contribution in [2.24, 2.45) is 5.92 Å². The molecule has 4 nitrogen and oxygen atoms in total. The lowest BCUT2D eigenvalue weighted by atomic mass is 10.1. The molecule has 1 fully saturated rings. The Morgan fingerprint density at radius 3 is 2.50 bits per heavy atom. The van der Waals surface area contributed by atoms with Gasteiger partial charge in [-0.25, -0.2) is 0 Å². The maximum Gasteiger partial charge on any atom is 0.252 e. The van der Waals surface area contributed by atoms with Gasteiger partial charge < -0.3 is 14.4 Å². The molecule has 1 aromatic rings. The van der Waals surface area contributed by atoms with Gasteiger partial charge in [0.05, 0.1) is 19.8 Å². The first kappa shape index (κ1) is 15.0. The molecular formula is C16H23NO3. The summed E-state index contributed by atoms with van der Waals surface area (Å²) in [6, 6.07) is 9.95. The van der Waals surface area contributed by atoms with Crippen LogP contribution in [0.2, 0.25) is 0 Å². The third-order valence-electron chi connectivity index (χ3n) is 3.44. The molecule has 0 bridgehead atoms. The third-order valence-corrected chi connectivity index (χ3v) is 3.44. The fraction of sp³-hybridized carbons (Fsp3) is 0.562. The van der Waals surface area contributed by atoms with E-state index in [-0.39, 0.29) is 17.9 Å². The molecule has 2 rings (SSSR count). The highest BCUT2D eigenvalue weighted by Gasteiger charge is 2.28. The number of carbonyl (C=O) groups is 1. The van der Waals surface area contributed by atoms with Crippen molar-refractivity contribution < 1.29 is 14.3 Å². The van der Waals surface area contributed by atoms with Crippen molar-refractivity contribution in [3.8, 4) is 0 Å². The zero-order valence-corrected chi connectivity index (χ0v) is 12.2. The minimum atomic E-state index is -0.381. The monoisotopic (exact) mass is 277 g/mol. The van der Waals surface area contributed by atoms with Crippen LogP contribution in [-0.2, 0) is 20.9 Å². The van der Waals surface area contributed by atoms with Crippen LogP contribution in [0.1, 0.15) is 19.4 Å². The summed E-state index contributed by atoms with van der Waals surface area (Å²) >= 11 is 0. The first-order valence-electron chi connectivity index (χ1n) is 7.20. The van der Waals surface area contributed by atoms with Gasteiger partial charge >= 0.3 is 0 Å². The summed E-state index contributed by atoms with van der Waals surface area (Å²) < 4.78 is 11.2. The molecule has 0 saturated carbocycles. The Hall–Kier alpha value is -1.39. The van der Waals surface area contributed by atoms with Crippen LogP contribution in [0.5, 0.6) is 0 Å². The van der Waals surface area contributed by atoms with Gasteiger partial charge in [0, 0.05) is 13.1 Å². The lowest BCUT2D eigenvalue weighted by Crippen LogP contribution is -2.48. The molecule has 1 saturated heterocycles. The zero-order valence-electron chi connectivity index (χ0n) is 12.2. The van der Waals surface area contributed by atoms with Crippen LogP contribution in [0.15, 0.2) is 30.3 Å². The Balaban J connectivity index is 1.94. The second-order valence-corrected chi connectivity index (χ2v) is 5.40. The van der Waals surface area contributed by atoms with Gasteiger partial charge in [-0.2, -0.15) is 0 Å². The summed E-state index contributed by atoms with van der Waals surface area (Å²) in [6.07, 6.45) is -0.381. The van der Waals surface area contributed by atoms with E-state index < -0.39 is 0 Å². The molecule has 110 valence electrons. The van der Waals surface area contributed by atoms with Crippen LogP contribution < -0.4 is 0 Å². The van der Waals surface area contributed by atoms with E-state index >= 15 is 0 Å². The van der Waals surface area contributed by atoms with E-state index in [9.17, 15) is 4.79 Å². The van der Waals surface area contributed by atoms with E-state index in [1.807, 2.05) is 49.1 Å². The number of nitrogens with zero attached hydrogens (tertiary/aromatic N) is 1. The van der Waals surface area contributed by atoms with Gasteiger partial charge in [0.1, 0.15) is 6.10 Å². The fourth-order valence-corrected chi connectivity index (χ4v) is 2.27. The maximum absolute atomic E-state index is 12.5. The van der Waals surface area contributed by atoms with Gasteiger partial charge in [0.2, 0.25) is 0 Å². The summed E-state index contributed by atoms with van der Waals surface area (Å²) in [5, 5.41) is 0. The second kappa shape index (κ2) is 7.41. The molecule has 1 aliphatic heterocycles. The Bertz CT molecular complexity index is 413. The molecule has 20 heavy (non-hydrogen) atoms. The molecular weight excluding hydrogens is 254 g/mol. The zero-order chi connectivity index (χ0) is 14.4. The molecule has 0 N–H and O–H groups in total. The SMILES string of the molecule is CC(C)C(OCc1ccccc1)C(=O)N1CCOCC1. The lowest BCUT2D eigenvalue weighted by Gasteiger charge is -2.31. The van der Waals surface area contributed by atoms with Crippen LogP contribution in [0.25, 0.3) is 0 Å². The lowest BCUT2D eigenvalue weighted by molar-refractivity contribution is -0.151. The Morgan fingerprint density at radius 2 is 1.90 bits per heavy atom. The van der Waals surface area contributed by atoms with Crippen molar-refractivity contribution in [3.05, 3.63) is 35.9 Å². The molecule has 1 aliphatic rings. The van der Waals surface area contributed by atoms with Crippen molar-refractivity contribution in [2.45, 2.75) is 26.6 Å². The van der Waals surface area contributed by atoms with E-state index in [4.69, 9.17) is 9.47 Å². The number of amides is 1. The van der Waals surface area contributed by atoms with Crippen molar-refractivity contribution in [1.82, 2.24) is 4.90 Å². The highest BCUT2D eigenvalue weighted by Crippen LogP contribution is 2.14. The molecule has 0 aliphatic carbocycles. The van der Waals surface area contributed by atoms with Crippen LogP contribution in [0.3, 0.4) is 0 Å². The number of ether oxygens (including phenoxy) is 2. The first-order chi connectivity index (χ1) is 9.68. The summed E-state index contributed by atoms with van der Waals surface area (Å²) in [5.41, 5.74) is 1.09. The van der Waals surface area contributed by atoms with Gasteiger partial charge in [0.25, 0.3) is 5.91 Å². The van der Waals surface area contributed by atoms with Crippen molar-refractivity contribution in [1.29, 1.82) is 0 Å². The summed E-state index contributed by atoms with van der Waals surface area (Å²) in [7, 11) is 0. The predicted molar refractivity (Wildman–Crippen MR) is 77.3 cm³/mol. The fourth-order valence-electron chi connectivity index (χ4n) is 2.27. The minimum absolute atomic E-state index is 0.0826. The number of morpholine rings is 1. The number of hydrogen-bond donors (Lipinski definition) is 0. The number of rotatable bonds is 5. The van der Waals surface area contributed by atoms with E-state index in [0.29, 0.717) is 32.9 Å². The quantitative estimate of drug-likeness (QED) is 0.827. The Labute approximate surface area is 120 Å². The summed E-state index contributed by atoms with van der Waals surface area (Å²) in [5.74, 6) is 0.244. The van der Waals surface area contributed by atoms with Crippen LogP contribution in [-0.4, -0.2) is 43.2 Å². The van der Waals surface area contributed by atoms with Crippen LogP contribution >= 0.6 is 0 Å². The topological polar surface area (TPSA) is 38.8 Å². The van der Waals surface area contributed by atoms with Gasteiger partial charge in [-0.15, -0.1) is 0 Å². The first-order valence-corrected chi connectivity index (χ1v) is 7.20. The molecule has 1 atom stereocenters. The normalized spacial score (nSPS) is 17.2. The standard InChI is InChI=1S/C16H23NO3/c1-13(2)15(16(18)17-8-10-19-11-9-17)20-12-14-6-4-3-5-7-14/h3-7,13,15H,8-12H2,1-2H3. The minimum Gasteiger partial charge on any atom is -0.378 e. The van der Waals surface area contributed by atoms with Gasteiger partial charge in [0.15, 0.2) is 0 Å². The predicted octanol–water partition coefficient (Wildman–Crippen LogP) is 2.09. The number of hydrogen-bond acceptors (Lipinski definition) is 3. The highest BCUT2D eigenvalue weighted by atomic mass is 16.5. The van der Waals surface area contributed by atoms with Crippen molar-refractivity contribution in [2.75, 3.05) is 26.3 Å². The molecule has 0 radical (unpaired) electrons. The average Bonchev–Trinajstić information content (AvgIpc) is 2.49. The van der Waals surface area contributed by atoms with Gasteiger partial charge in [-0.3, -0.25) is 4.79 Å². The van der Waals surface area contributed by atoms with E-state index in [1.165, 1.54) is 0 Å². The highest BCUT2D eigenvalue weighted by molar-refractivity contribution is 5.81. The molecule has 0 aromatic heterocycles. The van der Waals surface area contributed by atoms with E-state index in [0.717, 1.165) is 5.56 Å². The third kappa shape index (κ3) is 4.05. The smallest absolute Gasteiger partial charge is 0.252 e. The van der Waals surface area contributed by atoms with E-state index in [1.54, 1.807) is 0 Å². The maximum atomic E-state index is 12.5. The van der Waals surface area contributed by atoms with Crippen molar-refractivity contribution in [3.63, 3.8) is 0 Å². The Morgan fingerprint density at radius 1 is 1.25 bits per heavy atom. The van der Waals surface area contributed by atoms with Crippen LogP contribution in [0, 0.1) is 5.92 Å². The molecule has 1 amide bonds. The molecule has 4 heteroatoms. The number of carbonyl (C=O) groups excluding carboxylic acids is 1. The van der Waals surface area contributed by atoms with E-state index in [2.05, 4.69) is 0 Å². The van der Waals surface area contributed by atoms with Gasteiger partial charge in [-0.1, -0.05) is 44.2 Å². The summed E-state index contributed by atoms with van der Waals surface area (Å²) in [6.45, 7) is 7.08. The molecule has 0 spiro atoms. The van der Waals surface area contributed by atoms with Crippen molar-refractivity contribution >= 4 is 5.91 Å². The molecule has 1 unspecified atom stereocenters. The van der Waals surface area contributed by atoms with Crippen LogP contribution in [0.4, 0.5) is 0 Å². The van der Waals surface area contributed by atoms with Gasteiger partial charge in [-0.05, 0) is 11.5 Å². The summed E-state index contributed by atoms with van der Waals surface area (Å²) in [4.78, 5) is 14.4. The number of benzene rings is 1. The molecule has 1 heterocycles.